The molecule has 0 aromatic heterocycles. The summed E-state index contributed by atoms with van der Waals surface area (Å²) in [6.07, 6.45) is -3.71. The molecule has 0 saturated carbocycles. The predicted molar refractivity (Wildman–Crippen MR) is 125 cm³/mol. The number of amides is 1. The molecule has 7 nitrogen and oxygen atoms in total. The number of para-hydroxylation sites is 1. The van der Waals surface area contributed by atoms with Crippen LogP contribution in [0.15, 0.2) is 84.9 Å². The molecule has 10 heteroatoms. The quantitative estimate of drug-likeness (QED) is 0.409. The molecule has 1 atom stereocenters. The Hall–Kier alpha value is -4.96. The summed E-state index contributed by atoms with van der Waals surface area (Å²) >= 11 is 0. The summed E-state index contributed by atoms with van der Waals surface area (Å²) in [6.45, 7) is 1.14. The number of hydrogen-bond acceptors (Lipinski definition) is 6. The first-order chi connectivity index (χ1) is 17.6. The Morgan fingerprint density at radius 3 is 2.32 bits per heavy atom. The summed E-state index contributed by atoms with van der Waals surface area (Å²) in [5.74, 6) is -0.109. The van der Waals surface area contributed by atoms with Gasteiger partial charge in [0, 0.05) is 0 Å². The van der Waals surface area contributed by atoms with Crippen molar-refractivity contribution in [2.75, 3.05) is 11.5 Å². The van der Waals surface area contributed by atoms with Crippen LogP contribution in [-0.4, -0.2) is 18.1 Å². The van der Waals surface area contributed by atoms with Gasteiger partial charge in [-0.2, -0.15) is 23.7 Å². The fraction of sp³-hybridized carbons (Fsp3) is 0.148. The molecule has 3 aromatic rings. The zero-order chi connectivity index (χ0) is 26.6. The first-order valence-corrected chi connectivity index (χ1v) is 10.8. The summed E-state index contributed by atoms with van der Waals surface area (Å²) in [5.41, 5.74) is -3.15. The molecule has 1 aliphatic heterocycles. The second-order valence-electron chi connectivity index (χ2n) is 8.12. The van der Waals surface area contributed by atoms with E-state index in [1.807, 2.05) is 6.07 Å². The maximum Gasteiger partial charge on any atom is 0.417 e. The first kappa shape index (κ1) is 25.1. The Kier molecular flexibility index (Phi) is 6.77. The minimum atomic E-state index is -4.82. The average molecular weight is 505 g/mol. The molecule has 37 heavy (non-hydrogen) atoms. The van der Waals surface area contributed by atoms with Crippen LogP contribution in [0.3, 0.4) is 0 Å². The zero-order valence-corrected chi connectivity index (χ0v) is 19.3. The van der Waals surface area contributed by atoms with Crippen LogP contribution in [-0.2, 0) is 15.7 Å². The third-order valence-electron chi connectivity index (χ3n) is 5.43. The van der Waals surface area contributed by atoms with Crippen molar-refractivity contribution in [3.8, 4) is 23.6 Å². The van der Waals surface area contributed by atoms with Gasteiger partial charge in [-0.1, -0.05) is 18.2 Å². The molecule has 1 aliphatic rings. The Labute approximate surface area is 210 Å². The summed E-state index contributed by atoms with van der Waals surface area (Å²) in [7, 11) is 0. The van der Waals surface area contributed by atoms with Crippen LogP contribution >= 0.6 is 0 Å². The molecule has 3 aromatic carbocycles. The Morgan fingerprint density at radius 1 is 1.00 bits per heavy atom. The largest absolute Gasteiger partial charge is 0.489 e. The number of anilines is 1. The van der Waals surface area contributed by atoms with Crippen molar-refractivity contribution >= 4 is 11.6 Å². The van der Waals surface area contributed by atoms with E-state index in [0.29, 0.717) is 23.1 Å². The van der Waals surface area contributed by atoms with Crippen molar-refractivity contribution in [2.45, 2.75) is 18.7 Å². The van der Waals surface area contributed by atoms with Crippen molar-refractivity contribution in [1.29, 1.82) is 10.5 Å². The van der Waals surface area contributed by atoms with Gasteiger partial charge in [-0.25, -0.2) is 4.90 Å². The Balaban J connectivity index is 1.69. The molecule has 0 aliphatic carbocycles. The monoisotopic (exact) mass is 505 g/mol. The molecule has 1 heterocycles. The lowest BCUT2D eigenvalue weighted by molar-refractivity contribution is -0.138. The van der Waals surface area contributed by atoms with Crippen molar-refractivity contribution in [3.05, 3.63) is 102 Å². The highest BCUT2D eigenvalue weighted by atomic mass is 19.4. The van der Waals surface area contributed by atoms with Gasteiger partial charge in [0.2, 0.25) is 11.5 Å². The SMILES string of the molecule is CC1(COc2ccc(C#N)cc2)OC(=COc2ccccc2)N(c2ccc(C#N)c(C(F)(F)F)c2)C1=O. The van der Waals surface area contributed by atoms with E-state index in [2.05, 4.69) is 0 Å². The molecule has 1 saturated heterocycles. The molecule has 0 spiro atoms. The van der Waals surface area contributed by atoms with Crippen LogP contribution in [0.1, 0.15) is 23.6 Å². The smallest absolute Gasteiger partial charge is 0.417 e. The maximum absolute atomic E-state index is 13.6. The van der Waals surface area contributed by atoms with Gasteiger partial charge >= 0.3 is 6.18 Å². The number of nitriles is 2. The van der Waals surface area contributed by atoms with Crippen molar-refractivity contribution in [2.24, 2.45) is 0 Å². The van der Waals surface area contributed by atoms with Gasteiger partial charge in [0.1, 0.15) is 18.1 Å². The Morgan fingerprint density at radius 2 is 1.70 bits per heavy atom. The van der Waals surface area contributed by atoms with Crippen LogP contribution < -0.4 is 14.4 Å². The van der Waals surface area contributed by atoms with Crippen LogP contribution in [0, 0.1) is 22.7 Å². The lowest BCUT2D eigenvalue weighted by Crippen LogP contribution is -2.43. The average Bonchev–Trinajstić information content (AvgIpc) is 3.16. The standard InChI is InChI=1S/C27H18F3N3O4/c1-26(17-36-22-11-7-18(14-31)8-12-22)25(34)33(24(37-26)16-35-21-5-3-2-4-6-21)20-10-9-19(15-32)23(13-20)27(28,29)30/h2-13,16H,17H2,1H3. The second-order valence-corrected chi connectivity index (χ2v) is 8.12. The van der Waals surface area contributed by atoms with E-state index in [1.165, 1.54) is 31.2 Å². The molecule has 186 valence electrons. The number of alkyl halides is 3. The van der Waals surface area contributed by atoms with E-state index in [-0.39, 0.29) is 18.2 Å². The van der Waals surface area contributed by atoms with E-state index in [1.54, 1.807) is 42.5 Å². The Bertz CT molecular complexity index is 1420. The number of carbonyl (C=O) groups is 1. The molecular weight excluding hydrogens is 487 g/mol. The lowest BCUT2D eigenvalue weighted by atomic mass is 10.0. The van der Waals surface area contributed by atoms with Crippen molar-refractivity contribution in [3.63, 3.8) is 0 Å². The van der Waals surface area contributed by atoms with Gasteiger partial charge in [0.05, 0.1) is 34.5 Å². The maximum atomic E-state index is 13.6. The van der Waals surface area contributed by atoms with E-state index >= 15 is 0 Å². The number of ether oxygens (including phenoxy) is 3. The summed E-state index contributed by atoms with van der Waals surface area (Å²) in [6, 6.07) is 21.1. The third-order valence-corrected chi connectivity index (χ3v) is 5.43. The first-order valence-electron chi connectivity index (χ1n) is 10.8. The van der Waals surface area contributed by atoms with Gasteiger partial charge in [0.25, 0.3) is 5.91 Å². The summed E-state index contributed by atoms with van der Waals surface area (Å²) in [4.78, 5) is 14.5. The number of nitrogens with zero attached hydrogens (tertiary/aromatic N) is 3. The normalized spacial score (nSPS) is 18.2. The highest BCUT2D eigenvalue weighted by Gasteiger charge is 2.50. The fourth-order valence-corrected chi connectivity index (χ4v) is 3.54. The fourth-order valence-electron chi connectivity index (χ4n) is 3.54. The van der Waals surface area contributed by atoms with Crippen LogP contribution in [0.2, 0.25) is 0 Å². The van der Waals surface area contributed by atoms with Gasteiger partial charge < -0.3 is 14.2 Å². The number of carbonyl (C=O) groups excluding carboxylic acids is 1. The molecule has 0 radical (unpaired) electrons. The van der Waals surface area contributed by atoms with Gasteiger partial charge in [-0.05, 0) is 61.5 Å². The third kappa shape index (κ3) is 5.34. The highest BCUT2D eigenvalue weighted by Crippen LogP contribution is 2.39. The minimum absolute atomic E-state index is 0.165. The minimum Gasteiger partial charge on any atom is -0.489 e. The second kappa shape index (κ2) is 9.96. The number of rotatable bonds is 6. The molecule has 1 amide bonds. The van der Waals surface area contributed by atoms with E-state index in [9.17, 15) is 18.0 Å². The van der Waals surface area contributed by atoms with E-state index in [4.69, 9.17) is 24.7 Å². The number of benzene rings is 3. The van der Waals surface area contributed by atoms with E-state index < -0.39 is 28.8 Å². The molecule has 1 fully saturated rings. The highest BCUT2D eigenvalue weighted by molar-refractivity contribution is 6.04. The molecule has 4 rings (SSSR count). The summed E-state index contributed by atoms with van der Waals surface area (Å²) < 4.78 is 58.0. The van der Waals surface area contributed by atoms with E-state index in [0.717, 1.165) is 17.2 Å². The molecule has 0 N–H and O–H groups in total. The van der Waals surface area contributed by atoms with Crippen LogP contribution in [0.4, 0.5) is 18.9 Å². The number of hydrogen-bond donors (Lipinski definition) is 0. The van der Waals surface area contributed by atoms with Gasteiger partial charge in [-0.15, -0.1) is 0 Å². The lowest BCUT2D eigenvalue weighted by Gasteiger charge is -2.21. The number of halogens is 3. The zero-order valence-electron chi connectivity index (χ0n) is 19.3. The molecule has 0 bridgehead atoms. The predicted octanol–water partition coefficient (Wildman–Crippen LogP) is 5.53. The van der Waals surface area contributed by atoms with Crippen LogP contribution in [0.25, 0.3) is 0 Å². The molecular formula is C27H18F3N3O4. The topological polar surface area (TPSA) is 95.6 Å². The van der Waals surface area contributed by atoms with Crippen LogP contribution in [0.5, 0.6) is 11.5 Å². The van der Waals surface area contributed by atoms with Crippen molar-refractivity contribution in [1.82, 2.24) is 0 Å². The summed E-state index contributed by atoms with van der Waals surface area (Å²) in [5, 5.41) is 18.1. The van der Waals surface area contributed by atoms with Gasteiger partial charge in [-0.3, -0.25) is 4.79 Å². The molecule has 1 unspecified atom stereocenters. The van der Waals surface area contributed by atoms with Crippen molar-refractivity contribution < 1.29 is 32.2 Å². The van der Waals surface area contributed by atoms with Gasteiger partial charge in [0.15, 0.2) is 6.26 Å².